The van der Waals surface area contributed by atoms with Crippen molar-refractivity contribution < 1.29 is 10.2 Å². The summed E-state index contributed by atoms with van der Waals surface area (Å²) >= 11 is 1.58. The van der Waals surface area contributed by atoms with Gasteiger partial charge in [-0.1, -0.05) is 52.3 Å². The summed E-state index contributed by atoms with van der Waals surface area (Å²) in [7, 11) is 0. The number of aromatic hydroxyl groups is 2. The van der Waals surface area contributed by atoms with Crippen molar-refractivity contribution in [1.29, 1.82) is 0 Å². The maximum Gasteiger partial charge on any atom is 0.115 e. The van der Waals surface area contributed by atoms with E-state index in [2.05, 4.69) is 27.7 Å². The Morgan fingerprint density at radius 3 is 1.10 bits per heavy atom. The van der Waals surface area contributed by atoms with Crippen LogP contribution in [0.2, 0.25) is 0 Å². The molecular formula is C18H26O2S. The predicted octanol–water partition coefficient (Wildman–Crippen LogP) is 6.08. The van der Waals surface area contributed by atoms with Crippen LogP contribution in [0.5, 0.6) is 11.5 Å². The van der Waals surface area contributed by atoms with E-state index < -0.39 is 0 Å². The molecule has 2 N–H and O–H groups in total. The van der Waals surface area contributed by atoms with Gasteiger partial charge in [-0.2, -0.15) is 0 Å². The molecule has 0 radical (unpaired) electrons. The van der Waals surface area contributed by atoms with Gasteiger partial charge in [-0.15, -0.1) is 0 Å². The van der Waals surface area contributed by atoms with Crippen molar-refractivity contribution in [3.05, 3.63) is 48.5 Å². The van der Waals surface area contributed by atoms with E-state index in [1.54, 1.807) is 36.0 Å². The van der Waals surface area contributed by atoms with Crippen molar-refractivity contribution in [2.24, 2.45) is 0 Å². The third-order valence-corrected chi connectivity index (χ3v) is 2.92. The highest BCUT2D eigenvalue weighted by molar-refractivity contribution is 7.99. The molecule has 0 saturated carbocycles. The van der Waals surface area contributed by atoms with Gasteiger partial charge in [0, 0.05) is 9.79 Å². The number of hydrogen-bond acceptors (Lipinski definition) is 3. The summed E-state index contributed by atoms with van der Waals surface area (Å²) in [4.78, 5) is 2.11. The van der Waals surface area contributed by atoms with E-state index in [4.69, 9.17) is 10.2 Å². The zero-order chi connectivity index (χ0) is 16.1. The lowest BCUT2D eigenvalue weighted by Gasteiger charge is -2.01. The van der Waals surface area contributed by atoms with Crippen molar-refractivity contribution in [2.75, 3.05) is 0 Å². The van der Waals surface area contributed by atoms with Crippen LogP contribution in [0, 0.1) is 0 Å². The van der Waals surface area contributed by atoms with Crippen molar-refractivity contribution in [1.82, 2.24) is 0 Å². The summed E-state index contributed by atoms with van der Waals surface area (Å²) in [6.45, 7) is 8.50. The molecule has 2 nitrogen and oxygen atoms in total. The summed E-state index contributed by atoms with van der Waals surface area (Å²) < 4.78 is 0. The highest BCUT2D eigenvalue weighted by Crippen LogP contribution is 2.29. The quantitative estimate of drug-likeness (QED) is 0.706. The Balaban J connectivity index is 0.000000578. The smallest absolute Gasteiger partial charge is 0.115 e. The molecule has 3 heteroatoms. The minimum absolute atomic E-state index is 0.269. The Kier molecular flexibility index (Phi) is 11.2. The molecule has 2 aromatic carbocycles. The van der Waals surface area contributed by atoms with E-state index in [0.29, 0.717) is 0 Å². The average molecular weight is 306 g/mol. The van der Waals surface area contributed by atoms with Gasteiger partial charge in [-0.25, -0.2) is 0 Å². The van der Waals surface area contributed by atoms with Crippen molar-refractivity contribution >= 4 is 11.8 Å². The van der Waals surface area contributed by atoms with Crippen LogP contribution in [0.15, 0.2) is 58.3 Å². The predicted molar refractivity (Wildman–Crippen MR) is 92.3 cm³/mol. The van der Waals surface area contributed by atoms with Crippen molar-refractivity contribution in [3.63, 3.8) is 0 Å². The van der Waals surface area contributed by atoms with E-state index in [0.717, 1.165) is 9.79 Å². The second-order valence-corrected chi connectivity index (χ2v) is 5.65. The molecule has 0 heterocycles. The van der Waals surface area contributed by atoms with Crippen LogP contribution >= 0.6 is 11.8 Å². The summed E-state index contributed by atoms with van der Waals surface area (Å²) in [5, 5.41) is 18.2. The first-order valence-electron chi connectivity index (χ1n) is 7.33. The van der Waals surface area contributed by atoms with E-state index >= 15 is 0 Å². The minimum Gasteiger partial charge on any atom is -0.508 e. The third kappa shape index (κ3) is 9.85. The van der Waals surface area contributed by atoms with Crippen molar-refractivity contribution in [3.8, 4) is 11.5 Å². The first-order valence-corrected chi connectivity index (χ1v) is 8.14. The molecule has 2 aromatic rings. The molecular weight excluding hydrogens is 280 g/mol. The Hall–Kier alpha value is -1.61. The molecule has 0 aromatic heterocycles. The number of benzene rings is 2. The van der Waals surface area contributed by atoms with Gasteiger partial charge in [0.15, 0.2) is 0 Å². The molecule has 21 heavy (non-hydrogen) atoms. The van der Waals surface area contributed by atoms with Gasteiger partial charge in [0.25, 0.3) is 0 Å². The molecule has 0 saturated heterocycles. The van der Waals surface area contributed by atoms with Crippen LogP contribution in [-0.2, 0) is 0 Å². The molecule has 116 valence electrons. The molecule has 0 bridgehead atoms. The molecule has 0 unspecified atom stereocenters. The highest BCUT2D eigenvalue weighted by atomic mass is 32.2. The van der Waals surface area contributed by atoms with Crippen LogP contribution in [0.3, 0.4) is 0 Å². The highest BCUT2D eigenvalue weighted by Gasteiger charge is 1.97. The number of rotatable bonds is 2. The molecule has 0 fully saturated rings. The summed E-state index contributed by atoms with van der Waals surface area (Å²) in [5.41, 5.74) is 0. The van der Waals surface area contributed by atoms with Crippen molar-refractivity contribution in [2.45, 2.75) is 50.3 Å². The largest absolute Gasteiger partial charge is 0.508 e. The van der Waals surface area contributed by atoms with Crippen LogP contribution in [0.25, 0.3) is 0 Å². The molecule has 2 rings (SSSR count). The zero-order valence-electron chi connectivity index (χ0n) is 13.3. The Bertz CT molecular complexity index is 418. The maximum absolute atomic E-state index is 9.12. The fourth-order valence-electron chi connectivity index (χ4n) is 1.16. The molecule has 0 amide bonds. The zero-order valence-corrected chi connectivity index (χ0v) is 14.2. The van der Waals surface area contributed by atoms with Gasteiger partial charge in [-0.3, -0.25) is 0 Å². The van der Waals surface area contributed by atoms with Gasteiger partial charge in [0.2, 0.25) is 0 Å². The summed E-state index contributed by atoms with van der Waals surface area (Å²) in [6, 6.07) is 14.0. The number of phenols is 2. The van der Waals surface area contributed by atoms with Crippen LogP contribution < -0.4 is 0 Å². The second-order valence-electron chi connectivity index (χ2n) is 4.50. The fourth-order valence-corrected chi connectivity index (χ4v) is 1.98. The average Bonchev–Trinajstić information content (AvgIpc) is 2.46. The minimum atomic E-state index is 0.269. The topological polar surface area (TPSA) is 40.5 Å². The number of hydrogen-bond donors (Lipinski definition) is 2. The van der Waals surface area contributed by atoms with Crippen LogP contribution in [-0.4, -0.2) is 10.2 Å². The van der Waals surface area contributed by atoms with Gasteiger partial charge >= 0.3 is 0 Å². The van der Waals surface area contributed by atoms with E-state index in [1.165, 1.54) is 12.8 Å². The third-order valence-electron chi connectivity index (χ3n) is 1.91. The summed E-state index contributed by atoms with van der Waals surface area (Å²) in [6.07, 6.45) is 2.50. The lowest BCUT2D eigenvalue weighted by molar-refractivity contribution is 0.474. The standard InChI is InChI=1S/C12H10O2S.2C3H8/c13-9-1-5-11(6-2-9)15-12-7-3-10(14)4-8-12;2*1-3-2/h1-8,13-14H;2*3H2,1-2H3. The molecule has 0 aliphatic carbocycles. The Labute approximate surface area is 132 Å². The van der Waals surface area contributed by atoms with Crippen LogP contribution in [0.1, 0.15) is 40.5 Å². The van der Waals surface area contributed by atoms with E-state index in [-0.39, 0.29) is 11.5 Å². The molecule has 0 spiro atoms. The molecule has 0 aliphatic heterocycles. The molecule has 0 aliphatic rings. The lowest BCUT2D eigenvalue weighted by Crippen LogP contribution is -1.73. The van der Waals surface area contributed by atoms with Gasteiger partial charge in [-0.05, 0) is 48.5 Å². The van der Waals surface area contributed by atoms with E-state index in [9.17, 15) is 0 Å². The first-order chi connectivity index (χ1) is 10.1. The monoisotopic (exact) mass is 306 g/mol. The Morgan fingerprint density at radius 2 is 0.857 bits per heavy atom. The Morgan fingerprint density at radius 1 is 0.619 bits per heavy atom. The van der Waals surface area contributed by atoms with Gasteiger partial charge < -0.3 is 10.2 Å². The second kappa shape index (κ2) is 12.2. The normalized spacial score (nSPS) is 8.95. The first kappa shape index (κ1) is 19.4. The van der Waals surface area contributed by atoms with Gasteiger partial charge in [0.05, 0.1) is 0 Å². The van der Waals surface area contributed by atoms with E-state index in [1.807, 2.05) is 24.3 Å². The van der Waals surface area contributed by atoms with Crippen LogP contribution in [0.4, 0.5) is 0 Å². The SMILES string of the molecule is CCC.CCC.Oc1ccc(Sc2ccc(O)cc2)cc1. The fraction of sp³-hybridized carbons (Fsp3) is 0.333. The van der Waals surface area contributed by atoms with Gasteiger partial charge in [0.1, 0.15) is 11.5 Å². The number of phenolic OH excluding ortho intramolecular Hbond substituents is 2. The maximum atomic E-state index is 9.12. The molecule has 0 atom stereocenters. The summed E-state index contributed by atoms with van der Waals surface area (Å²) in [5.74, 6) is 0.537. The lowest BCUT2D eigenvalue weighted by atomic mass is 10.3.